The molecular weight excluding hydrogens is 422 g/mol. The lowest BCUT2D eigenvalue weighted by Gasteiger charge is -2.28. The molecule has 4 amide bonds. The molecule has 3 aromatic rings. The SMILES string of the molecule is CC(c1cccs1)N1C(=O)C2C(C1=O)N(Cc1ccccc1)C(=O)N2Cc1ccccc1. The zero-order valence-electron chi connectivity index (χ0n) is 17.6. The van der Waals surface area contributed by atoms with E-state index in [1.54, 1.807) is 9.80 Å². The summed E-state index contributed by atoms with van der Waals surface area (Å²) in [5, 5.41) is 1.94. The summed E-state index contributed by atoms with van der Waals surface area (Å²) in [6.07, 6.45) is 0. The average Bonchev–Trinajstić information content (AvgIpc) is 3.49. The van der Waals surface area contributed by atoms with Crippen LogP contribution in [0.15, 0.2) is 78.2 Å². The van der Waals surface area contributed by atoms with Crippen molar-refractivity contribution < 1.29 is 14.4 Å². The predicted octanol–water partition coefficient (Wildman–Crippen LogP) is 4.05. The number of imide groups is 1. The summed E-state index contributed by atoms with van der Waals surface area (Å²) in [7, 11) is 0. The number of amides is 4. The Labute approximate surface area is 190 Å². The number of rotatable bonds is 6. The maximum atomic E-state index is 13.6. The number of carbonyl (C=O) groups is 3. The highest BCUT2D eigenvalue weighted by Crippen LogP contribution is 2.38. The summed E-state index contributed by atoms with van der Waals surface area (Å²) >= 11 is 1.52. The van der Waals surface area contributed by atoms with Crippen molar-refractivity contribution in [1.82, 2.24) is 14.7 Å². The molecule has 2 aliphatic rings. The number of urea groups is 1. The second-order valence-corrected chi connectivity index (χ2v) is 9.12. The van der Waals surface area contributed by atoms with Crippen LogP contribution in [0.1, 0.15) is 29.0 Å². The van der Waals surface area contributed by atoms with Crippen LogP contribution >= 0.6 is 11.3 Å². The van der Waals surface area contributed by atoms with Crippen LogP contribution in [0.2, 0.25) is 0 Å². The van der Waals surface area contributed by atoms with Crippen LogP contribution < -0.4 is 0 Å². The Hall–Kier alpha value is -3.45. The Morgan fingerprint density at radius 3 is 1.69 bits per heavy atom. The van der Waals surface area contributed by atoms with Crippen molar-refractivity contribution in [3.63, 3.8) is 0 Å². The van der Waals surface area contributed by atoms with Crippen LogP contribution in [0.3, 0.4) is 0 Å². The van der Waals surface area contributed by atoms with Gasteiger partial charge in [-0.05, 0) is 29.5 Å². The molecule has 5 rings (SSSR count). The molecule has 3 heterocycles. The fourth-order valence-corrected chi connectivity index (χ4v) is 5.38. The summed E-state index contributed by atoms with van der Waals surface area (Å²) < 4.78 is 0. The second-order valence-electron chi connectivity index (χ2n) is 8.14. The standard InChI is InChI=1S/C25H23N3O3S/c1-17(20-13-8-14-32-20)28-23(29)21-22(24(28)30)27(16-19-11-6-3-7-12-19)25(31)26(21)15-18-9-4-2-5-10-18/h2-14,17,21-22H,15-16H2,1H3. The molecule has 2 aliphatic heterocycles. The highest BCUT2D eigenvalue weighted by molar-refractivity contribution is 7.10. The first kappa shape index (κ1) is 20.5. The fourth-order valence-electron chi connectivity index (χ4n) is 4.60. The highest BCUT2D eigenvalue weighted by Gasteiger charge is 2.61. The van der Waals surface area contributed by atoms with Crippen LogP contribution in [0.25, 0.3) is 0 Å². The van der Waals surface area contributed by atoms with Gasteiger partial charge in [-0.1, -0.05) is 66.7 Å². The van der Waals surface area contributed by atoms with E-state index in [0.717, 1.165) is 16.0 Å². The van der Waals surface area contributed by atoms with E-state index in [4.69, 9.17) is 0 Å². The van der Waals surface area contributed by atoms with E-state index >= 15 is 0 Å². The lowest BCUT2D eigenvalue weighted by molar-refractivity contribution is -0.143. The third-order valence-electron chi connectivity index (χ3n) is 6.18. The van der Waals surface area contributed by atoms with Gasteiger partial charge >= 0.3 is 6.03 Å². The van der Waals surface area contributed by atoms with Crippen molar-refractivity contribution in [2.24, 2.45) is 0 Å². The quantitative estimate of drug-likeness (QED) is 0.538. The number of benzene rings is 2. The third kappa shape index (κ3) is 3.39. The molecule has 7 heteroatoms. The van der Waals surface area contributed by atoms with Crippen molar-refractivity contribution in [2.45, 2.75) is 38.1 Å². The average molecular weight is 446 g/mol. The first-order valence-electron chi connectivity index (χ1n) is 10.6. The van der Waals surface area contributed by atoms with Crippen molar-refractivity contribution in [3.8, 4) is 0 Å². The zero-order chi connectivity index (χ0) is 22.2. The minimum Gasteiger partial charge on any atom is -0.306 e. The molecule has 6 nitrogen and oxygen atoms in total. The Morgan fingerprint density at radius 2 is 1.25 bits per heavy atom. The molecule has 2 saturated heterocycles. The van der Waals surface area contributed by atoms with Gasteiger partial charge in [-0.3, -0.25) is 14.5 Å². The van der Waals surface area contributed by atoms with Crippen molar-refractivity contribution in [2.75, 3.05) is 0 Å². The van der Waals surface area contributed by atoms with Gasteiger partial charge in [0.15, 0.2) is 0 Å². The van der Waals surface area contributed by atoms with Gasteiger partial charge in [0.1, 0.15) is 12.1 Å². The van der Waals surface area contributed by atoms with Crippen LogP contribution in [0.5, 0.6) is 0 Å². The van der Waals surface area contributed by atoms with Gasteiger partial charge in [0.25, 0.3) is 11.8 Å². The first-order valence-corrected chi connectivity index (χ1v) is 11.5. The van der Waals surface area contributed by atoms with Gasteiger partial charge < -0.3 is 9.80 Å². The van der Waals surface area contributed by atoms with Crippen molar-refractivity contribution >= 4 is 29.2 Å². The van der Waals surface area contributed by atoms with Crippen molar-refractivity contribution in [3.05, 3.63) is 94.2 Å². The van der Waals surface area contributed by atoms with Gasteiger partial charge in [0, 0.05) is 18.0 Å². The number of hydrogen-bond donors (Lipinski definition) is 0. The van der Waals surface area contributed by atoms with Gasteiger partial charge in [-0.2, -0.15) is 0 Å². The maximum Gasteiger partial charge on any atom is 0.322 e. The predicted molar refractivity (Wildman–Crippen MR) is 122 cm³/mol. The molecule has 0 N–H and O–H groups in total. The van der Waals surface area contributed by atoms with E-state index < -0.39 is 12.1 Å². The van der Waals surface area contributed by atoms with Gasteiger partial charge in [-0.15, -0.1) is 11.3 Å². The molecule has 3 atom stereocenters. The molecule has 1 aromatic heterocycles. The molecule has 0 radical (unpaired) electrons. The van der Waals surface area contributed by atoms with E-state index in [9.17, 15) is 14.4 Å². The second kappa shape index (κ2) is 8.24. The van der Waals surface area contributed by atoms with Crippen molar-refractivity contribution in [1.29, 1.82) is 0 Å². The van der Waals surface area contributed by atoms with E-state index in [1.807, 2.05) is 85.1 Å². The van der Waals surface area contributed by atoms with Gasteiger partial charge in [0.2, 0.25) is 0 Å². The molecule has 0 aliphatic carbocycles. The Bertz CT molecular complexity index is 1060. The minimum atomic E-state index is -0.818. The number of carbonyl (C=O) groups excluding carboxylic acids is 3. The maximum absolute atomic E-state index is 13.6. The smallest absolute Gasteiger partial charge is 0.306 e. The van der Waals surface area contributed by atoms with Crippen LogP contribution in [0, 0.1) is 0 Å². The number of thiophene rings is 1. The molecule has 0 spiro atoms. The summed E-state index contributed by atoms with van der Waals surface area (Å²) in [6.45, 7) is 2.44. The number of fused-ring (bicyclic) bond motifs is 1. The Morgan fingerprint density at radius 1 is 0.750 bits per heavy atom. The molecule has 2 fully saturated rings. The molecule has 0 saturated carbocycles. The summed E-state index contributed by atoms with van der Waals surface area (Å²) in [6, 6.07) is 20.7. The minimum absolute atomic E-state index is 0.280. The van der Waals surface area contributed by atoms with Crippen LogP contribution in [0.4, 0.5) is 4.79 Å². The first-order chi connectivity index (χ1) is 15.6. The molecule has 0 bridgehead atoms. The molecule has 162 valence electrons. The largest absolute Gasteiger partial charge is 0.322 e. The summed E-state index contributed by atoms with van der Waals surface area (Å²) in [4.78, 5) is 46.0. The summed E-state index contributed by atoms with van der Waals surface area (Å²) in [5.41, 5.74) is 1.84. The van der Waals surface area contributed by atoms with Gasteiger partial charge in [-0.25, -0.2) is 4.79 Å². The highest BCUT2D eigenvalue weighted by atomic mass is 32.1. The number of nitrogens with zero attached hydrogens (tertiary/aromatic N) is 3. The third-order valence-corrected chi connectivity index (χ3v) is 7.22. The normalized spacial score (nSPS) is 21.4. The van der Waals surface area contributed by atoms with E-state index in [2.05, 4.69) is 0 Å². The van der Waals surface area contributed by atoms with Gasteiger partial charge in [0.05, 0.1) is 6.04 Å². The molecular formula is C25H23N3O3S. The summed E-state index contributed by atoms with van der Waals surface area (Å²) in [5.74, 6) is -0.610. The molecule has 3 unspecified atom stereocenters. The molecule has 32 heavy (non-hydrogen) atoms. The van der Waals surface area contributed by atoms with E-state index in [1.165, 1.54) is 16.2 Å². The zero-order valence-corrected chi connectivity index (χ0v) is 18.4. The Balaban J connectivity index is 1.51. The topological polar surface area (TPSA) is 60.9 Å². The number of hydrogen-bond acceptors (Lipinski definition) is 4. The van der Waals surface area contributed by atoms with Crippen LogP contribution in [-0.2, 0) is 22.7 Å². The van der Waals surface area contributed by atoms with Crippen LogP contribution in [-0.4, -0.2) is 44.6 Å². The Kier molecular flexibility index (Phi) is 5.27. The van der Waals surface area contributed by atoms with E-state index in [0.29, 0.717) is 0 Å². The lowest BCUT2D eigenvalue weighted by atomic mass is 10.1. The monoisotopic (exact) mass is 445 g/mol. The molecule has 2 aromatic carbocycles. The fraction of sp³-hybridized carbons (Fsp3) is 0.240. The lowest BCUT2D eigenvalue weighted by Crippen LogP contribution is -2.44. The van der Waals surface area contributed by atoms with E-state index in [-0.39, 0.29) is 37.0 Å². The number of likely N-dealkylation sites (tertiary alicyclic amines) is 1.